The van der Waals surface area contributed by atoms with E-state index in [2.05, 4.69) is 0 Å². The molecule has 1 fully saturated rings. The topological polar surface area (TPSA) is 71.4 Å². The Bertz CT molecular complexity index is 527. The SMILES string of the molecule is O=CC1(S(=O)(=O)c2ccccc2O)CCCC1. The minimum Gasteiger partial charge on any atom is -0.507 e. The lowest BCUT2D eigenvalue weighted by Gasteiger charge is -2.22. The molecular formula is C12H14O4S. The summed E-state index contributed by atoms with van der Waals surface area (Å²) in [4.78, 5) is 11.1. The Morgan fingerprint density at radius 2 is 1.76 bits per heavy atom. The lowest BCUT2D eigenvalue weighted by Crippen LogP contribution is -2.37. The molecule has 1 saturated carbocycles. The van der Waals surface area contributed by atoms with Crippen molar-refractivity contribution >= 4 is 16.1 Å². The summed E-state index contributed by atoms with van der Waals surface area (Å²) in [5.74, 6) is -0.291. The fourth-order valence-electron chi connectivity index (χ4n) is 2.33. The van der Waals surface area contributed by atoms with Crippen molar-refractivity contribution in [3.63, 3.8) is 0 Å². The van der Waals surface area contributed by atoms with Crippen molar-refractivity contribution in [3.05, 3.63) is 24.3 Å². The van der Waals surface area contributed by atoms with E-state index in [4.69, 9.17) is 0 Å². The zero-order chi connectivity index (χ0) is 12.5. The second-order valence-corrected chi connectivity index (χ2v) is 6.62. The van der Waals surface area contributed by atoms with Crippen molar-refractivity contribution < 1.29 is 18.3 Å². The third-order valence-electron chi connectivity index (χ3n) is 3.35. The third kappa shape index (κ3) is 1.74. The number of benzene rings is 1. The zero-order valence-corrected chi connectivity index (χ0v) is 10.1. The number of sulfone groups is 1. The predicted octanol–water partition coefficient (Wildman–Crippen LogP) is 1.68. The molecule has 5 heteroatoms. The summed E-state index contributed by atoms with van der Waals surface area (Å²) in [7, 11) is -3.80. The van der Waals surface area contributed by atoms with E-state index in [1.165, 1.54) is 12.1 Å². The summed E-state index contributed by atoms with van der Waals surface area (Å²) < 4.78 is 23.5. The minimum absolute atomic E-state index is 0.144. The van der Waals surface area contributed by atoms with E-state index in [9.17, 15) is 18.3 Å². The standard InChI is InChI=1S/C12H14O4S/c13-9-12(7-3-4-8-12)17(15,16)11-6-2-1-5-10(11)14/h1-2,5-6,9,14H,3-4,7-8H2. The molecule has 17 heavy (non-hydrogen) atoms. The summed E-state index contributed by atoms with van der Waals surface area (Å²) in [5.41, 5.74) is 0. The molecule has 1 N–H and O–H groups in total. The van der Waals surface area contributed by atoms with Crippen LogP contribution in [0.2, 0.25) is 0 Å². The molecule has 0 bridgehead atoms. The van der Waals surface area contributed by atoms with Gasteiger partial charge in [0.25, 0.3) is 0 Å². The van der Waals surface area contributed by atoms with Crippen molar-refractivity contribution in [1.82, 2.24) is 0 Å². The average molecular weight is 254 g/mol. The number of phenols is 1. The Morgan fingerprint density at radius 1 is 1.18 bits per heavy atom. The van der Waals surface area contributed by atoms with Crippen LogP contribution in [0.15, 0.2) is 29.2 Å². The molecule has 0 radical (unpaired) electrons. The number of hydrogen-bond acceptors (Lipinski definition) is 4. The molecule has 1 aromatic carbocycles. The molecule has 92 valence electrons. The molecule has 0 amide bonds. The van der Waals surface area contributed by atoms with Crippen LogP contribution in [-0.2, 0) is 14.6 Å². The lowest BCUT2D eigenvalue weighted by molar-refractivity contribution is -0.109. The normalized spacial score (nSPS) is 19.1. The molecule has 0 aromatic heterocycles. The van der Waals surface area contributed by atoms with Gasteiger partial charge in [-0.3, -0.25) is 0 Å². The van der Waals surface area contributed by atoms with E-state index < -0.39 is 14.6 Å². The van der Waals surface area contributed by atoms with Crippen LogP contribution in [-0.4, -0.2) is 24.6 Å². The summed E-state index contributed by atoms with van der Waals surface area (Å²) in [6, 6.07) is 5.76. The quantitative estimate of drug-likeness (QED) is 0.833. The van der Waals surface area contributed by atoms with E-state index >= 15 is 0 Å². The van der Waals surface area contributed by atoms with Gasteiger partial charge in [-0.1, -0.05) is 25.0 Å². The van der Waals surface area contributed by atoms with E-state index in [-0.39, 0.29) is 10.6 Å². The molecule has 4 nitrogen and oxygen atoms in total. The molecule has 1 aliphatic rings. The summed E-state index contributed by atoms with van der Waals surface area (Å²) in [6.07, 6.45) is 2.67. The van der Waals surface area contributed by atoms with Crippen LogP contribution < -0.4 is 0 Å². The molecular weight excluding hydrogens is 240 g/mol. The van der Waals surface area contributed by atoms with Gasteiger partial charge in [-0.15, -0.1) is 0 Å². The number of carbonyl (C=O) groups is 1. The number of rotatable bonds is 3. The van der Waals surface area contributed by atoms with Crippen molar-refractivity contribution in [2.24, 2.45) is 0 Å². The van der Waals surface area contributed by atoms with Crippen LogP contribution >= 0.6 is 0 Å². The van der Waals surface area contributed by atoms with Crippen molar-refractivity contribution in [2.75, 3.05) is 0 Å². The van der Waals surface area contributed by atoms with E-state index in [1.807, 2.05) is 0 Å². The van der Waals surface area contributed by atoms with E-state index in [0.717, 1.165) is 12.8 Å². The number of hydrogen-bond donors (Lipinski definition) is 1. The number of carbonyl (C=O) groups excluding carboxylic acids is 1. The number of aldehydes is 1. The molecule has 0 spiro atoms. The van der Waals surface area contributed by atoms with Crippen molar-refractivity contribution in [1.29, 1.82) is 0 Å². The molecule has 1 aliphatic carbocycles. The number of aromatic hydroxyl groups is 1. The van der Waals surface area contributed by atoms with Crippen LogP contribution in [0.5, 0.6) is 5.75 Å². The predicted molar refractivity (Wildman–Crippen MR) is 62.6 cm³/mol. The Labute approximate surface area is 100 Å². The smallest absolute Gasteiger partial charge is 0.194 e. The molecule has 0 heterocycles. The Kier molecular flexibility index (Phi) is 2.95. The van der Waals surface area contributed by atoms with Crippen LogP contribution in [0, 0.1) is 0 Å². The highest BCUT2D eigenvalue weighted by molar-refractivity contribution is 7.93. The van der Waals surface area contributed by atoms with Gasteiger partial charge in [0, 0.05) is 0 Å². The van der Waals surface area contributed by atoms with Crippen molar-refractivity contribution in [3.8, 4) is 5.75 Å². The van der Waals surface area contributed by atoms with Gasteiger partial charge < -0.3 is 9.90 Å². The van der Waals surface area contributed by atoms with Crippen LogP contribution in [0.3, 0.4) is 0 Å². The Balaban J connectivity index is 2.57. The van der Waals surface area contributed by atoms with E-state index in [1.54, 1.807) is 12.1 Å². The molecule has 2 rings (SSSR count). The van der Waals surface area contributed by atoms with Gasteiger partial charge in [0.05, 0.1) is 0 Å². The van der Waals surface area contributed by atoms with E-state index in [0.29, 0.717) is 19.1 Å². The van der Waals surface area contributed by atoms with Crippen LogP contribution in [0.25, 0.3) is 0 Å². The summed E-state index contributed by atoms with van der Waals surface area (Å²) in [5, 5.41) is 9.62. The summed E-state index contributed by atoms with van der Waals surface area (Å²) in [6.45, 7) is 0. The van der Waals surface area contributed by atoms with Crippen LogP contribution in [0.1, 0.15) is 25.7 Å². The second kappa shape index (κ2) is 4.14. The third-order valence-corrected chi connectivity index (χ3v) is 5.85. The molecule has 0 unspecified atom stereocenters. The minimum atomic E-state index is -3.80. The average Bonchev–Trinajstić information content (AvgIpc) is 2.79. The first-order valence-electron chi connectivity index (χ1n) is 5.52. The Hall–Kier alpha value is -1.36. The molecule has 0 aliphatic heterocycles. The van der Waals surface area contributed by atoms with Gasteiger partial charge in [0.2, 0.25) is 0 Å². The van der Waals surface area contributed by atoms with Gasteiger partial charge in [0.1, 0.15) is 21.7 Å². The maximum atomic E-state index is 12.4. The maximum Gasteiger partial charge on any atom is 0.194 e. The fourth-order valence-corrected chi connectivity index (χ4v) is 4.32. The first kappa shape index (κ1) is 12.1. The molecule has 1 aromatic rings. The van der Waals surface area contributed by atoms with Gasteiger partial charge >= 0.3 is 0 Å². The monoisotopic (exact) mass is 254 g/mol. The highest BCUT2D eigenvalue weighted by atomic mass is 32.2. The first-order chi connectivity index (χ1) is 8.03. The fraction of sp³-hybridized carbons (Fsp3) is 0.417. The second-order valence-electron chi connectivity index (χ2n) is 4.36. The first-order valence-corrected chi connectivity index (χ1v) is 7.01. The summed E-state index contributed by atoms with van der Waals surface area (Å²) >= 11 is 0. The number of phenolic OH excluding ortho intramolecular Hbond substituents is 1. The molecule has 0 atom stereocenters. The van der Waals surface area contributed by atoms with Gasteiger partial charge in [-0.25, -0.2) is 8.42 Å². The number of para-hydroxylation sites is 1. The van der Waals surface area contributed by atoms with Gasteiger partial charge in [0.15, 0.2) is 9.84 Å². The maximum absolute atomic E-state index is 12.4. The highest BCUT2D eigenvalue weighted by Crippen LogP contribution is 2.41. The van der Waals surface area contributed by atoms with Crippen molar-refractivity contribution in [2.45, 2.75) is 35.3 Å². The lowest BCUT2D eigenvalue weighted by atomic mass is 10.1. The van der Waals surface area contributed by atoms with Gasteiger partial charge in [-0.2, -0.15) is 0 Å². The van der Waals surface area contributed by atoms with Crippen LogP contribution in [0.4, 0.5) is 0 Å². The highest BCUT2D eigenvalue weighted by Gasteiger charge is 2.47. The zero-order valence-electron chi connectivity index (χ0n) is 9.30. The van der Waals surface area contributed by atoms with Gasteiger partial charge in [-0.05, 0) is 25.0 Å². The molecule has 0 saturated heterocycles. The Morgan fingerprint density at radius 3 is 2.29 bits per heavy atom. The largest absolute Gasteiger partial charge is 0.507 e.